The molecule has 10 heterocycles. The summed E-state index contributed by atoms with van der Waals surface area (Å²) >= 11 is 3.88. The van der Waals surface area contributed by atoms with Crippen LogP contribution in [0.2, 0.25) is 0 Å². The summed E-state index contributed by atoms with van der Waals surface area (Å²) in [6.45, 7) is 26.0. The van der Waals surface area contributed by atoms with Gasteiger partial charge in [-0.25, -0.2) is 19.9 Å². The van der Waals surface area contributed by atoms with Gasteiger partial charge in [-0.2, -0.15) is 0 Å². The van der Waals surface area contributed by atoms with Gasteiger partial charge < -0.3 is 30.0 Å². The number of aryl methyl sites for hydroxylation is 12. The molecule has 16 rings (SSSR count). The molecule has 0 radical (unpaired) electrons. The molecule has 12 aromatic rings. The molecule has 14 heteroatoms. The van der Waals surface area contributed by atoms with Crippen molar-refractivity contribution >= 4 is 134 Å². The molecule has 0 fully saturated rings. The highest BCUT2D eigenvalue weighted by Crippen LogP contribution is 2.43. The number of aromatic amines is 4. The van der Waals surface area contributed by atoms with Gasteiger partial charge in [-0.15, -0.1) is 0 Å². The fraction of sp³-hybridized carbons (Fsp3) is 0.143. The van der Waals surface area contributed by atoms with Gasteiger partial charge in [-0.3, -0.25) is 9.59 Å². The van der Waals surface area contributed by atoms with Gasteiger partial charge in [-0.1, -0.05) is 127 Å². The lowest BCUT2D eigenvalue weighted by Gasteiger charge is -2.13. The maximum Gasteiger partial charge on any atom is 0.488 e. The summed E-state index contributed by atoms with van der Waals surface area (Å²) in [5, 5.41) is 17.3. The summed E-state index contributed by atoms with van der Waals surface area (Å²) in [4.78, 5) is 57.6. The van der Waals surface area contributed by atoms with E-state index in [1.54, 1.807) is 0 Å². The van der Waals surface area contributed by atoms with E-state index in [0.29, 0.717) is 22.9 Å². The van der Waals surface area contributed by atoms with Gasteiger partial charge >= 0.3 is 7.12 Å². The van der Waals surface area contributed by atoms with Crippen molar-refractivity contribution in [3.63, 3.8) is 0 Å². The van der Waals surface area contributed by atoms with Crippen LogP contribution in [0.25, 0.3) is 148 Å². The Balaban J connectivity index is 0.000000162. The minimum atomic E-state index is -1.46. The van der Waals surface area contributed by atoms with E-state index in [9.17, 15) is 9.59 Å². The maximum absolute atomic E-state index is 11.6. The molecule has 105 heavy (non-hydrogen) atoms. The molecule has 0 amide bonds. The second kappa shape index (κ2) is 29.6. The Labute approximate surface area is 621 Å². The number of hydrogen-bond acceptors (Lipinski definition) is 8. The lowest BCUT2D eigenvalue weighted by molar-refractivity contribution is 0.111. The molecule has 6 aromatic carbocycles. The van der Waals surface area contributed by atoms with E-state index in [1.807, 2.05) is 24.3 Å². The van der Waals surface area contributed by atoms with Crippen LogP contribution in [0.3, 0.4) is 0 Å². The molecule has 0 atom stereocenters. The first-order chi connectivity index (χ1) is 50.1. The van der Waals surface area contributed by atoms with Crippen LogP contribution in [0.15, 0.2) is 162 Å². The van der Waals surface area contributed by atoms with E-state index < -0.39 is 7.12 Å². The molecule has 0 aliphatic carbocycles. The van der Waals surface area contributed by atoms with Gasteiger partial charge in [-0.05, 0) is 286 Å². The first kappa shape index (κ1) is 71.7. The molecule has 520 valence electrons. The van der Waals surface area contributed by atoms with Crippen molar-refractivity contribution in [3.8, 4) is 55.6 Å². The Hall–Kier alpha value is -11.7. The average molecular weight is 1440 g/mol. The Morgan fingerprint density at radius 3 is 0.962 bits per heavy atom. The summed E-state index contributed by atoms with van der Waals surface area (Å²) in [6, 6.07) is 53.1. The van der Waals surface area contributed by atoms with Crippen LogP contribution in [0, 0.1) is 83.1 Å². The zero-order chi connectivity index (χ0) is 72.9. The van der Waals surface area contributed by atoms with Crippen LogP contribution in [-0.4, -0.2) is 69.6 Å². The van der Waals surface area contributed by atoms with E-state index in [4.69, 9.17) is 30.0 Å². The fourth-order valence-electron chi connectivity index (χ4n) is 15.4. The van der Waals surface area contributed by atoms with Crippen molar-refractivity contribution in [2.75, 3.05) is 0 Å². The number of aldehydes is 2. The summed E-state index contributed by atoms with van der Waals surface area (Å²) in [7, 11) is -1.46. The lowest BCUT2D eigenvalue weighted by Crippen LogP contribution is -2.29. The zero-order valence-corrected chi connectivity index (χ0v) is 61.8. The van der Waals surface area contributed by atoms with Gasteiger partial charge in [0.2, 0.25) is 0 Å². The van der Waals surface area contributed by atoms with E-state index in [1.165, 1.54) is 113 Å². The molecule has 12 nitrogen and oxygen atoms in total. The van der Waals surface area contributed by atoms with Crippen molar-refractivity contribution in [3.05, 3.63) is 286 Å². The minimum Gasteiger partial charge on any atom is -0.423 e. The van der Waals surface area contributed by atoms with E-state index >= 15 is 0 Å². The van der Waals surface area contributed by atoms with Crippen molar-refractivity contribution in [1.82, 2.24) is 39.9 Å². The number of carbonyl (C=O) groups excluding carboxylic acids is 2. The minimum absolute atomic E-state index is 0. The number of hydrogen-bond donors (Lipinski definition) is 6. The number of carbonyl (C=O) groups is 2. The van der Waals surface area contributed by atoms with Gasteiger partial charge in [0.15, 0.2) is 0 Å². The predicted molar refractivity (Wildman–Crippen MR) is 443 cm³/mol. The molecule has 6 aromatic heterocycles. The summed E-state index contributed by atoms with van der Waals surface area (Å²) in [6.07, 6.45) is 18.4. The lowest BCUT2D eigenvalue weighted by atomic mass is 9.80. The zero-order valence-electron chi connectivity index (χ0n) is 60.2. The Kier molecular flexibility index (Phi) is 20.2. The van der Waals surface area contributed by atoms with Crippen LogP contribution in [-0.2, 0) is 0 Å². The first-order valence-electron chi connectivity index (χ1n) is 34.8. The normalized spacial score (nSPS) is 11.8. The summed E-state index contributed by atoms with van der Waals surface area (Å²) in [5.74, 6) is 0. The van der Waals surface area contributed by atoms with Crippen LogP contribution in [0.1, 0.15) is 140 Å². The third kappa shape index (κ3) is 14.4. The number of aromatic nitrogens is 8. The highest BCUT2D eigenvalue weighted by molar-refractivity contribution is 9.10. The number of benzene rings is 6. The smallest absolute Gasteiger partial charge is 0.423 e. The molecule has 0 saturated heterocycles. The molecule has 0 saturated carbocycles. The monoisotopic (exact) mass is 1440 g/mol. The molecule has 4 aliphatic heterocycles. The third-order valence-electron chi connectivity index (χ3n) is 19.5. The molecule has 0 spiro atoms. The molecule has 0 unspecified atom stereocenters. The van der Waals surface area contributed by atoms with Crippen LogP contribution < -0.4 is 5.46 Å². The number of fused-ring (bicyclic) bond motifs is 16. The third-order valence-corrected chi connectivity index (χ3v) is 20.3. The topological polar surface area (TPSA) is 189 Å². The Bertz CT molecular complexity index is 5740. The van der Waals surface area contributed by atoms with Crippen LogP contribution in [0.5, 0.6) is 0 Å². The summed E-state index contributed by atoms with van der Waals surface area (Å²) < 4.78 is 0.873. The van der Waals surface area contributed by atoms with E-state index in [-0.39, 0.29) is 7.43 Å². The Morgan fingerprint density at radius 1 is 0.314 bits per heavy atom. The molecule has 4 aliphatic rings. The highest BCUT2D eigenvalue weighted by Gasteiger charge is 2.24. The molecular weight excluding hydrogens is 1360 g/mol. The first-order valence-corrected chi connectivity index (χ1v) is 35.6. The van der Waals surface area contributed by atoms with Crippen molar-refractivity contribution < 1.29 is 19.6 Å². The second-order valence-corrected chi connectivity index (χ2v) is 28.4. The number of halogens is 1. The van der Waals surface area contributed by atoms with Gasteiger partial charge in [0.25, 0.3) is 0 Å². The van der Waals surface area contributed by atoms with Crippen molar-refractivity contribution in [1.29, 1.82) is 0 Å². The molecule has 6 N–H and O–H groups in total. The van der Waals surface area contributed by atoms with E-state index in [2.05, 4.69) is 277 Å². The number of H-pyrrole nitrogens is 4. The maximum atomic E-state index is 11.6. The van der Waals surface area contributed by atoms with Gasteiger partial charge in [0, 0.05) is 83.1 Å². The number of rotatable bonds is 8. The Morgan fingerprint density at radius 2 is 0.600 bits per heavy atom. The van der Waals surface area contributed by atoms with E-state index in [0.717, 1.165) is 134 Å². The number of nitrogens with one attached hydrogen (secondary N) is 4. The predicted octanol–water partition coefficient (Wildman–Crippen LogP) is 21.7. The quantitative estimate of drug-likeness (QED) is 0.0640. The highest BCUT2D eigenvalue weighted by atomic mass is 79.9. The van der Waals surface area contributed by atoms with Crippen molar-refractivity contribution in [2.24, 2.45) is 0 Å². The second-order valence-electron chi connectivity index (χ2n) is 27.6. The van der Waals surface area contributed by atoms with Crippen LogP contribution in [0.4, 0.5) is 0 Å². The van der Waals surface area contributed by atoms with Crippen molar-refractivity contribution in [2.45, 2.75) is 90.5 Å². The largest absolute Gasteiger partial charge is 0.488 e. The summed E-state index contributed by atoms with van der Waals surface area (Å²) in [5.41, 5.74) is 42.3. The SMILES string of the molecule is C.Cc1cc(C)c(-c2c3nc(c(-c4ccc(C=O)cc4)c4ccc([nH]4)c(-c4c(C)cc(C)cc4C)c4nc(cc5ccc2[nH]5)C=C4)C=C3)c(C)c1.Cc1cc(C)c(-c2c3nc(c(Br)c4nc(c(-c5c(C)cc(C)cc5C)c5ccc(cc6ccc2[nH]6)[nH]5)C=C4)C=C3)c(C)c1.O=Cc1ccc(B(O)O)cc1. The molecular formula is C91H82BBrN8O4. The number of nitrogens with zero attached hydrogens (tertiary/aromatic N) is 4. The van der Waals surface area contributed by atoms with Gasteiger partial charge in [0.1, 0.15) is 12.6 Å². The molecule has 16 bridgehead atoms. The average Bonchev–Trinajstić information content (AvgIpc) is 1.64. The fourth-order valence-corrected chi connectivity index (χ4v) is 15.8. The van der Waals surface area contributed by atoms with Gasteiger partial charge in [0.05, 0.1) is 50.0 Å². The van der Waals surface area contributed by atoms with Crippen LogP contribution >= 0.6 is 15.9 Å². The standard InChI is InChI=1S/C45H38N4O.C38H33BrN4.C7H7BO3.CH4/c1-25-19-27(3)41(28(4)20-25)44-37-13-11-33(46-37)23-34-12-14-38(47-34)45(42-29(5)21-26(2)22-30(42)6)40-18-16-36(49-40)43(35-15-17-39(44)48-35)32-9-7-31(24-50)8-10-32;1-20-15-22(3)34(23(4)16-20)36-28-9-7-26(40-28)19-27-8-10-29(41-27)37(35-24(5)17-21(2)18-25(35)6)31-12-14-33(43-31)38(39)32-13-11-30(36)42-32;9-5-6-1-3-7(4-2-6)8(10)11;/h7-24,46,49H,1-6H3;7-19,40-41H,1-6H3;1-5,10-11H;1H4.